The predicted molar refractivity (Wildman–Crippen MR) is 75.3 cm³/mol. The largest absolute Gasteiger partial charge is 0.374 e. The van der Waals surface area contributed by atoms with Crippen molar-refractivity contribution in [2.75, 3.05) is 33.3 Å². The van der Waals surface area contributed by atoms with Crippen LogP contribution in [0.15, 0.2) is 0 Å². The van der Waals surface area contributed by atoms with Gasteiger partial charge >= 0.3 is 0 Å². The Balaban J connectivity index is 2.08. The molecule has 0 aromatic carbocycles. The Hall–Kier alpha value is -1.14. The molecule has 0 bridgehead atoms. The van der Waals surface area contributed by atoms with Crippen molar-refractivity contribution < 1.29 is 14.3 Å². The zero-order chi connectivity index (χ0) is 14.7. The summed E-state index contributed by atoms with van der Waals surface area (Å²) in [6, 6.07) is -0.743. The lowest BCUT2D eigenvalue weighted by molar-refractivity contribution is -0.152. The van der Waals surface area contributed by atoms with Crippen LogP contribution in [0.1, 0.15) is 26.7 Å². The molecule has 1 N–H and O–H groups in total. The Bertz CT molecular complexity index is 375. The van der Waals surface area contributed by atoms with Gasteiger partial charge in [0.15, 0.2) is 0 Å². The first-order chi connectivity index (χ1) is 9.56. The van der Waals surface area contributed by atoms with E-state index < -0.39 is 0 Å². The van der Waals surface area contributed by atoms with E-state index in [2.05, 4.69) is 10.2 Å². The molecule has 0 aliphatic carbocycles. The number of morpholine rings is 1. The molecule has 2 saturated heterocycles. The molecule has 6 nitrogen and oxygen atoms in total. The number of hydrogen-bond acceptors (Lipinski definition) is 4. The first-order valence-corrected chi connectivity index (χ1v) is 7.47. The van der Waals surface area contributed by atoms with E-state index in [1.165, 1.54) is 0 Å². The summed E-state index contributed by atoms with van der Waals surface area (Å²) in [7, 11) is 2.05. The summed E-state index contributed by atoms with van der Waals surface area (Å²) in [4.78, 5) is 28.5. The Morgan fingerprint density at radius 2 is 2.05 bits per heavy atom. The van der Waals surface area contributed by atoms with Crippen LogP contribution in [0.5, 0.6) is 0 Å². The highest BCUT2D eigenvalue weighted by atomic mass is 16.5. The minimum absolute atomic E-state index is 0.00449. The molecule has 2 aliphatic heterocycles. The van der Waals surface area contributed by atoms with E-state index in [1.54, 1.807) is 4.90 Å². The normalized spacial score (nSPS) is 32.4. The van der Waals surface area contributed by atoms with Gasteiger partial charge in [-0.25, -0.2) is 0 Å². The SMILES string of the molecule is CCC1NC(=O)C(CC)N(CC2CN(C)CCO2)C1=O. The van der Waals surface area contributed by atoms with Crippen molar-refractivity contribution in [1.82, 2.24) is 15.1 Å². The van der Waals surface area contributed by atoms with Crippen LogP contribution in [0.25, 0.3) is 0 Å². The number of nitrogens with one attached hydrogen (secondary N) is 1. The molecule has 0 radical (unpaired) electrons. The molecule has 2 rings (SSSR count). The molecule has 2 heterocycles. The molecule has 2 amide bonds. The number of piperazine rings is 1. The summed E-state index contributed by atoms with van der Waals surface area (Å²) >= 11 is 0. The molecule has 2 fully saturated rings. The molecule has 2 aliphatic rings. The maximum Gasteiger partial charge on any atom is 0.245 e. The molecule has 0 spiro atoms. The second kappa shape index (κ2) is 6.54. The monoisotopic (exact) mass is 283 g/mol. The third-order valence-electron chi connectivity index (χ3n) is 4.11. The van der Waals surface area contributed by atoms with Crippen LogP contribution in [-0.4, -0.2) is 73.1 Å². The average molecular weight is 283 g/mol. The first kappa shape index (κ1) is 15.3. The van der Waals surface area contributed by atoms with Gasteiger partial charge in [0, 0.05) is 19.6 Å². The Labute approximate surface area is 120 Å². The number of ether oxygens (including phenoxy) is 1. The van der Waals surface area contributed by atoms with Crippen LogP contribution < -0.4 is 5.32 Å². The number of carbonyl (C=O) groups is 2. The van der Waals surface area contributed by atoms with Crippen molar-refractivity contribution in [2.45, 2.75) is 44.9 Å². The van der Waals surface area contributed by atoms with Gasteiger partial charge in [0.2, 0.25) is 11.8 Å². The Morgan fingerprint density at radius 3 is 2.65 bits per heavy atom. The van der Waals surface area contributed by atoms with Crippen molar-refractivity contribution in [3.63, 3.8) is 0 Å². The van der Waals surface area contributed by atoms with Gasteiger partial charge in [0.1, 0.15) is 12.1 Å². The van der Waals surface area contributed by atoms with Crippen molar-refractivity contribution in [3.05, 3.63) is 0 Å². The maximum atomic E-state index is 12.5. The van der Waals surface area contributed by atoms with Gasteiger partial charge in [0.25, 0.3) is 0 Å². The van der Waals surface area contributed by atoms with Crippen LogP contribution in [0, 0.1) is 0 Å². The summed E-state index contributed by atoms with van der Waals surface area (Å²) in [6.45, 7) is 6.76. The summed E-state index contributed by atoms with van der Waals surface area (Å²) < 4.78 is 5.73. The van der Waals surface area contributed by atoms with Gasteiger partial charge < -0.3 is 19.9 Å². The summed E-state index contributed by atoms with van der Waals surface area (Å²) in [5.74, 6) is -0.0149. The lowest BCUT2D eigenvalue weighted by atomic mass is 10.0. The minimum Gasteiger partial charge on any atom is -0.374 e. The van der Waals surface area contributed by atoms with E-state index in [9.17, 15) is 9.59 Å². The highest BCUT2D eigenvalue weighted by Crippen LogP contribution is 2.17. The Kier molecular flexibility index (Phi) is 4.99. The summed E-state index contributed by atoms with van der Waals surface area (Å²) in [6.07, 6.45) is 1.26. The van der Waals surface area contributed by atoms with Crippen molar-refractivity contribution in [1.29, 1.82) is 0 Å². The summed E-state index contributed by atoms with van der Waals surface area (Å²) in [5.41, 5.74) is 0. The number of carbonyl (C=O) groups excluding carboxylic acids is 2. The highest BCUT2D eigenvalue weighted by molar-refractivity contribution is 5.96. The molecule has 20 heavy (non-hydrogen) atoms. The number of likely N-dealkylation sites (N-methyl/N-ethyl adjacent to an activating group) is 1. The van der Waals surface area contributed by atoms with E-state index in [4.69, 9.17) is 4.74 Å². The average Bonchev–Trinajstić information content (AvgIpc) is 2.43. The van der Waals surface area contributed by atoms with Gasteiger partial charge in [-0.3, -0.25) is 9.59 Å². The minimum atomic E-state index is -0.383. The van der Waals surface area contributed by atoms with Gasteiger partial charge in [-0.15, -0.1) is 0 Å². The van der Waals surface area contributed by atoms with Crippen molar-refractivity contribution in [2.24, 2.45) is 0 Å². The maximum absolute atomic E-state index is 12.5. The number of hydrogen-bond donors (Lipinski definition) is 1. The lowest BCUT2D eigenvalue weighted by Crippen LogP contribution is -2.64. The van der Waals surface area contributed by atoms with Crippen LogP contribution >= 0.6 is 0 Å². The molecule has 114 valence electrons. The number of rotatable bonds is 4. The summed E-state index contributed by atoms with van der Waals surface area (Å²) in [5, 5.41) is 2.81. The van der Waals surface area contributed by atoms with E-state index in [1.807, 2.05) is 20.9 Å². The van der Waals surface area contributed by atoms with E-state index in [0.717, 1.165) is 13.1 Å². The molecular formula is C14H25N3O3. The second-order valence-corrected chi connectivity index (χ2v) is 5.64. The highest BCUT2D eigenvalue weighted by Gasteiger charge is 2.40. The molecule has 0 aromatic heterocycles. The predicted octanol–water partition coefficient (Wildman–Crippen LogP) is -0.167. The Morgan fingerprint density at radius 1 is 1.30 bits per heavy atom. The lowest BCUT2D eigenvalue weighted by Gasteiger charge is -2.41. The molecule has 0 aromatic rings. The van der Waals surface area contributed by atoms with E-state index in [0.29, 0.717) is 26.0 Å². The first-order valence-electron chi connectivity index (χ1n) is 7.47. The fourth-order valence-corrected chi connectivity index (χ4v) is 2.92. The zero-order valence-corrected chi connectivity index (χ0v) is 12.6. The molecule has 0 saturated carbocycles. The molecule has 3 atom stereocenters. The van der Waals surface area contributed by atoms with Gasteiger partial charge in [-0.05, 0) is 19.9 Å². The second-order valence-electron chi connectivity index (χ2n) is 5.64. The van der Waals surface area contributed by atoms with Gasteiger partial charge in [-0.1, -0.05) is 13.8 Å². The topological polar surface area (TPSA) is 61.9 Å². The third-order valence-corrected chi connectivity index (χ3v) is 4.11. The van der Waals surface area contributed by atoms with Gasteiger partial charge in [0.05, 0.1) is 12.7 Å². The fraction of sp³-hybridized carbons (Fsp3) is 0.857. The number of amides is 2. The van der Waals surface area contributed by atoms with E-state index >= 15 is 0 Å². The van der Waals surface area contributed by atoms with E-state index in [-0.39, 0.29) is 30.0 Å². The molecule has 6 heteroatoms. The van der Waals surface area contributed by atoms with Crippen LogP contribution in [0.2, 0.25) is 0 Å². The number of nitrogens with zero attached hydrogens (tertiary/aromatic N) is 2. The standard InChI is InChI=1S/C14H25N3O3/c1-4-11-14(19)17(12(5-2)13(18)15-11)9-10-8-16(3)6-7-20-10/h10-12H,4-9H2,1-3H3,(H,15,18). The smallest absolute Gasteiger partial charge is 0.245 e. The van der Waals surface area contributed by atoms with Crippen LogP contribution in [0.4, 0.5) is 0 Å². The van der Waals surface area contributed by atoms with Crippen molar-refractivity contribution >= 4 is 11.8 Å². The fourth-order valence-electron chi connectivity index (χ4n) is 2.92. The zero-order valence-electron chi connectivity index (χ0n) is 12.6. The quantitative estimate of drug-likeness (QED) is 0.778. The molecular weight excluding hydrogens is 258 g/mol. The van der Waals surface area contributed by atoms with Gasteiger partial charge in [-0.2, -0.15) is 0 Å². The van der Waals surface area contributed by atoms with Crippen LogP contribution in [-0.2, 0) is 14.3 Å². The third kappa shape index (κ3) is 3.12. The molecule has 3 unspecified atom stereocenters. The van der Waals surface area contributed by atoms with Crippen molar-refractivity contribution in [3.8, 4) is 0 Å². The van der Waals surface area contributed by atoms with Crippen LogP contribution in [0.3, 0.4) is 0 Å².